The highest BCUT2D eigenvalue weighted by Gasteiger charge is 2.70. The lowest BCUT2D eigenvalue weighted by molar-refractivity contribution is -0.374. The summed E-state index contributed by atoms with van der Waals surface area (Å²) >= 11 is 0. The van der Waals surface area contributed by atoms with E-state index >= 15 is 0 Å². The topological polar surface area (TPSA) is 301 Å². The van der Waals surface area contributed by atoms with Crippen LogP contribution in [0, 0.1) is 50.2 Å². The minimum Gasteiger partial charge on any atom is -0.467 e. The average molecular weight is 971 g/mol. The fourth-order valence-electron chi connectivity index (χ4n) is 15.1. The molecule has 3 aliphatic heterocycles. The van der Waals surface area contributed by atoms with Gasteiger partial charge in [-0.2, -0.15) is 0 Å². The maximum absolute atomic E-state index is 14.7. The molecule has 68 heavy (non-hydrogen) atoms. The zero-order valence-corrected chi connectivity index (χ0v) is 40.7. The second kappa shape index (κ2) is 18.5. The van der Waals surface area contributed by atoms with Gasteiger partial charge >= 0.3 is 11.9 Å². The number of ether oxygens (including phenoxy) is 7. The highest BCUT2D eigenvalue weighted by atomic mass is 16.8. The Morgan fingerprint density at radius 1 is 0.647 bits per heavy atom. The zero-order chi connectivity index (χ0) is 49.8. The molecule has 5 aliphatic carbocycles. The first-order valence-electron chi connectivity index (χ1n) is 24.7. The summed E-state index contributed by atoms with van der Waals surface area (Å²) in [5.41, 5.74) is -0.950. The number of hydrogen-bond donors (Lipinski definition) is 10. The molecule has 3 saturated heterocycles. The molecule has 23 atom stereocenters. The number of esters is 2. The predicted molar refractivity (Wildman–Crippen MR) is 235 cm³/mol. The lowest BCUT2D eigenvalue weighted by Gasteiger charge is -2.71. The molecule has 0 bridgehead atoms. The molecule has 19 heteroatoms. The van der Waals surface area contributed by atoms with Gasteiger partial charge in [0.2, 0.25) is 6.29 Å². The van der Waals surface area contributed by atoms with Crippen molar-refractivity contribution < 1.29 is 93.8 Å². The summed E-state index contributed by atoms with van der Waals surface area (Å²) in [5.74, 6) is -1.30. The first kappa shape index (κ1) is 52.4. The van der Waals surface area contributed by atoms with Crippen LogP contribution in [0.25, 0.3) is 0 Å². The van der Waals surface area contributed by atoms with Crippen LogP contribution in [0.4, 0.5) is 0 Å². The molecule has 0 aromatic rings. The van der Waals surface area contributed by atoms with Gasteiger partial charge in [-0.25, -0.2) is 4.79 Å². The van der Waals surface area contributed by atoms with Gasteiger partial charge in [-0.3, -0.25) is 4.79 Å². The summed E-state index contributed by atoms with van der Waals surface area (Å²) in [6, 6.07) is 0. The maximum atomic E-state index is 14.7. The Morgan fingerprint density at radius 3 is 1.87 bits per heavy atom. The van der Waals surface area contributed by atoms with Crippen molar-refractivity contribution in [1.82, 2.24) is 0 Å². The smallest absolute Gasteiger partial charge is 0.337 e. The van der Waals surface area contributed by atoms with E-state index < -0.39 is 134 Å². The van der Waals surface area contributed by atoms with Gasteiger partial charge in [0.25, 0.3) is 0 Å². The molecule has 0 radical (unpaired) electrons. The van der Waals surface area contributed by atoms with Crippen LogP contribution in [0.2, 0.25) is 0 Å². The SMILES string of the molecule is COC(=O)[C@H]1O[C@@H](O[C@H]2CC[C@]3(C)[C@H]4CC=C5[C@H]6CC(C)(C)CC[C@@]6(C(=O)O[C@@H]6O[C@H](CO)[C@@H](O)[C@H](O)[C@H]6O)CC[C@@]5(C)[C@]4(C)CC[C@H]3C2(C)C)[C@H](O[C@@H]2O[C@H](CO)[C@@H](O)[C@H](O)[C@H]2O)[C@@H](O)[C@@H]1O. The number of aliphatic hydroxyl groups is 10. The van der Waals surface area contributed by atoms with Crippen LogP contribution in [-0.4, -0.2) is 182 Å². The highest BCUT2D eigenvalue weighted by molar-refractivity contribution is 5.79. The molecular formula is C49H78O19. The number of allylic oxidation sites excluding steroid dienone is 2. The van der Waals surface area contributed by atoms with E-state index in [2.05, 4.69) is 54.5 Å². The Kier molecular flexibility index (Phi) is 14.3. The van der Waals surface area contributed by atoms with Gasteiger partial charge in [0.1, 0.15) is 67.1 Å². The van der Waals surface area contributed by atoms with Crippen LogP contribution in [0.3, 0.4) is 0 Å². The van der Waals surface area contributed by atoms with Crippen LogP contribution >= 0.6 is 0 Å². The van der Waals surface area contributed by atoms with Crippen molar-refractivity contribution in [2.75, 3.05) is 20.3 Å². The number of hydrogen-bond acceptors (Lipinski definition) is 19. The lowest BCUT2D eigenvalue weighted by Crippen LogP contribution is -2.67. The number of carbonyl (C=O) groups excluding carboxylic acids is 2. The monoisotopic (exact) mass is 971 g/mol. The first-order chi connectivity index (χ1) is 31.8. The Morgan fingerprint density at radius 2 is 1.25 bits per heavy atom. The van der Waals surface area contributed by atoms with Gasteiger partial charge in [-0.15, -0.1) is 0 Å². The van der Waals surface area contributed by atoms with E-state index in [0.717, 1.165) is 45.6 Å². The van der Waals surface area contributed by atoms with Crippen molar-refractivity contribution in [3.8, 4) is 0 Å². The standard InChI is InChI=1S/C49H78O19/c1-44(2)15-17-49(43(61)68-41-36(59)32(55)30(53)25(21-51)64-41)18-16-47(6)22(23(49)19-44)9-10-27-46(5)13-12-28(45(3,4)26(46)11-14-48(27,47)7)65-42-38(34(57)33(56)37(66-42)39(60)62-8)67-40-35(58)31(54)29(52)24(20-50)63-40/h9,23-38,40-42,50-59H,10-21H2,1-8H3/t23-,24-,25-,26+,27-,28+,29-,30-,31+,32+,33+,34+,35-,36-,37+,38-,40+,41+,42-,46+,47-,48-,49-/m1/s1. The van der Waals surface area contributed by atoms with E-state index in [1.165, 1.54) is 5.57 Å². The zero-order valence-electron chi connectivity index (χ0n) is 40.7. The van der Waals surface area contributed by atoms with Crippen molar-refractivity contribution in [2.24, 2.45) is 50.2 Å². The van der Waals surface area contributed by atoms with Gasteiger partial charge in [0.15, 0.2) is 18.7 Å². The van der Waals surface area contributed by atoms with Gasteiger partial charge in [0.05, 0.1) is 31.8 Å². The molecule has 0 unspecified atom stereocenters. The summed E-state index contributed by atoms with van der Waals surface area (Å²) in [4.78, 5) is 27.6. The van der Waals surface area contributed by atoms with Gasteiger partial charge < -0.3 is 84.2 Å². The molecule has 19 nitrogen and oxygen atoms in total. The van der Waals surface area contributed by atoms with E-state index in [-0.39, 0.29) is 39.4 Å². The van der Waals surface area contributed by atoms with Crippen molar-refractivity contribution >= 4 is 11.9 Å². The molecule has 0 amide bonds. The maximum Gasteiger partial charge on any atom is 0.337 e. The number of carbonyl (C=O) groups is 2. The average Bonchev–Trinajstić information content (AvgIpc) is 3.29. The third kappa shape index (κ3) is 8.13. The Labute approximate surface area is 398 Å². The summed E-state index contributed by atoms with van der Waals surface area (Å²) in [7, 11) is 1.12. The number of rotatable bonds is 9. The van der Waals surface area contributed by atoms with E-state index in [0.29, 0.717) is 25.7 Å². The third-order valence-electron chi connectivity index (χ3n) is 19.5. The normalized spacial score (nSPS) is 52.0. The first-order valence-corrected chi connectivity index (χ1v) is 24.7. The summed E-state index contributed by atoms with van der Waals surface area (Å²) < 4.78 is 41.0. The van der Waals surface area contributed by atoms with E-state index in [1.807, 2.05) is 0 Å². The molecule has 3 heterocycles. The van der Waals surface area contributed by atoms with Crippen molar-refractivity contribution in [3.63, 3.8) is 0 Å². The predicted octanol–water partition coefficient (Wildman–Crippen LogP) is 0.321. The number of aliphatic hydroxyl groups excluding tert-OH is 10. The largest absolute Gasteiger partial charge is 0.467 e. The van der Waals surface area contributed by atoms with Gasteiger partial charge in [-0.05, 0) is 109 Å². The van der Waals surface area contributed by atoms with Crippen molar-refractivity contribution in [1.29, 1.82) is 0 Å². The van der Waals surface area contributed by atoms with Crippen LogP contribution in [0.15, 0.2) is 11.6 Å². The molecule has 7 fully saturated rings. The molecule has 8 aliphatic rings. The summed E-state index contributed by atoms with van der Waals surface area (Å²) in [5, 5.41) is 106. The van der Waals surface area contributed by atoms with Gasteiger partial charge in [0, 0.05) is 0 Å². The molecule has 0 spiro atoms. The Hall–Kier alpha value is -1.92. The molecule has 388 valence electrons. The molecule has 8 rings (SSSR count). The fourth-order valence-corrected chi connectivity index (χ4v) is 15.1. The lowest BCUT2D eigenvalue weighted by atomic mass is 9.33. The van der Waals surface area contributed by atoms with Crippen LogP contribution < -0.4 is 0 Å². The van der Waals surface area contributed by atoms with Crippen molar-refractivity contribution in [2.45, 2.75) is 211 Å². The van der Waals surface area contributed by atoms with E-state index in [1.54, 1.807) is 0 Å². The number of fused-ring (bicyclic) bond motifs is 7. The van der Waals surface area contributed by atoms with E-state index in [9.17, 15) is 60.7 Å². The van der Waals surface area contributed by atoms with Crippen LogP contribution in [-0.2, 0) is 42.7 Å². The van der Waals surface area contributed by atoms with Gasteiger partial charge in [-0.1, -0.05) is 60.1 Å². The summed E-state index contributed by atoms with van der Waals surface area (Å²) in [6.07, 6.45) is -15.5. The minimum atomic E-state index is -1.85. The Bertz CT molecular complexity index is 1890. The highest BCUT2D eigenvalue weighted by Crippen LogP contribution is 2.76. The fraction of sp³-hybridized carbons (Fsp3) is 0.918. The second-order valence-corrected chi connectivity index (χ2v) is 23.7. The minimum absolute atomic E-state index is 0.0770. The Balaban J connectivity index is 1.05. The molecule has 0 aromatic carbocycles. The molecule has 0 aromatic heterocycles. The van der Waals surface area contributed by atoms with E-state index in [4.69, 9.17) is 33.2 Å². The van der Waals surface area contributed by atoms with Crippen molar-refractivity contribution in [3.05, 3.63) is 11.6 Å². The quantitative estimate of drug-likeness (QED) is 0.0846. The number of methoxy groups -OCH3 is 1. The van der Waals surface area contributed by atoms with Crippen LogP contribution in [0.1, 0.15) is 113 Å². The van der Waals surface area contributed by atoms with Crippen LogP contribution in [0.5, 0.6) is 0 Å². The molecular weight excluding hydrogens is 893 g/mol. The summed E-state index contributed by atoms with van der Waals surface area (Å²) in [6.45, 7) is 14.6. The second-order valence-electron chi connectivity index (χ2n) is 23.7. The molecule has 4 saturated carbocycles. The third-order valence-corrected chi connectivity index (χ3v) is 19.5. The molecule has 10 N–H and O–H groups in total.